The molecule has 0 aliphatic rings. The fraction of sp³-hybridized carbons (Fsp3) is 0.467. The number of carbonyl (C=O) groups excluding carboxylic acids is 1. The Morgan fingerprint density at radius 3 is 2.43 bits per heavy atom. The van der Waals surface area contributed by atoms with E-state index in [1.165, 1.54) is 0 Å². The maximum atomic E-state index is 11.9. The zero-order valence-electron chi connectivity index (χ0n) is 12.4. The lowest BCUT2D eigenvalue weighted by Gasteiger charge is -2.19. The number of likely N-dealkylation sites (N-methyl/N-ethyl adjacent to an activating group) is 1. The van der Waals surface area contributed by atoms with Crippen molar-refractivity contribution in [1.29, 1.82) is 0 Å². The molecule has 0 saturated heterocycles. The number of hydrogen-bond donors (Lipinski definition) is 2. The Hall–Kier alpha value is -1.59. The van der Waals surface area contributed by atoms with Crippen molar-refractivity contribution in [3.63, 3.8) is 0 Å². The van der Waals surface area contributed by atoms with E-state index in [1.54, 1.807) is 11.9 Å². The second-order valence-electron chi connectivity index (χ2n) is 4.80. The first-order valence-electron chi connectivity index (χ1n) is 6.78. The van der Waals surface area contributed by atoms with Crippen molar-refractivity contribution in [2.24, 2.45) is 0 Å². The van der Waals surface area contributed by atoms with E-state index >= 15 is 0 Å². The molecule has 1 atom stereocenters. The van der Waals surface area contributed by atoms with Crippen LogP contribution in [0.1, 0.15) is 25.3 Å². The third-order valence-electron chi connectivity index (χ3n) is 3.06. The number of carboxylic acid groups (broad SMARTS) is 1. The van der Waals surface area contributed by atoms with Gasteiger partial charge in [-0.15, -0.1) is 12.4 Å². The summed E-state index contributed by atoms with van der Waals surface area (Å²) < 4.78 is 0. The molecule has 0 saturated carbocycles. The average Bonchev–Trinajstić information content (AvgIpc) is 2.43. The summed E-state index contributed by atoms with van der Waals surface area (Å²) in [6.45, 7) is 2.48. The van der Waals surface area contributed by atoms with Gasteiger partial charge in [0.2, 0.25) is 5.91 Å². The minimum atomic E-state index is -0.912. The van der Waals surface area contributed by atoms with Crippen LogP contribution in [0, 0.1) is 0 Å². The first kappa shape index (κ1) is 19.4. The van der Waals surface area contributed by atoms with Gasteiger partial charge in [-0.3, -0.25) is 14.9 Å². The van der Waals surface area contributed by atoms with Crippen LogP contribution < -0.4 is 5.32 Å². The Morgan fingerprint density at radius 1 is 1.29 bits per heavy atom. The standard InChI is InChI=1S/C15H22N2O3.ClH/c1-3-7-13(15(19)20)16-10-14(18)17(2)11-12-8-5-4-6-9-12;/h4-6,8-9,13,16H,3,7,10-11H2,1-2H3,(H,19,20);1H. The lowest BCUT2D eigenvalue weighted by molar-refractivity contribution is -0.140. The molecule has 0 heterocycles. The molecule has 0 radical (unpaired) electrons. The van der Waals surface area contributed by atoms with E-state index in [4.69, 9.17) is 5.11 Å². The Labute approximate surface area is 131 Å². The van der Waals surface area contributed by atoms with E-state index in [2.05, 4.69) is 5.32 Å². The Bertz CT molecular complexity index is 440. The van der Waals surface area contributed by atoms with Crippen LogP contribution in [0.15, 0.2) is 30.3 Å². The fourth-order valence-electron chi connectivity index (χ4n) is 1.89. The van der Waals surface area contributed by atoms with Gasteiger partial charge >= 0.3 is 5.97 Å². The first-order chi connectivity index (χ1) is 9.54. The van der Waals surface area contributed by atoms with Gasteiger partial charge in [-0.1, -0.05) is 43.7 Å². The lowest BCUT2D eigenvalue weighted by Crippen LogP contribution is -2.43. The van der Waals surface area contributed by atoms with Crippen LogP contribution in [-0.4, -0.2) is 41.5 Å². The molecule has 0 aliphatic heterocycles. The van der Waals surface area contributed by atoms with E-state index in [0.717, 1.165) is 12.0 Å². The van der Waals surface area contributed by atoms with Gasteiger partial charge in [0.05, 0.1) is 6.54 Å². The quantitative estimate of drug-likeness (QED) is 0.769. The van der Waals surface area contributed by atoms with Gasteiger partial charge in [-0.25, -0.2) is 0 Å². The number of carboxylic acids is 1. The van der Waals surface area contributed by atoms with E-state index in [1.807, 2.05) is 37.3 Å². The zero-order chi connectivity index (χ0) is 15.0. The van der Waals surface area contributed by atoms with Crippen molar-refractivity contribution >= 4 is 24.3 Å². The number of hydrogen-bond acceptors (Lipinski definition) is 3. The van der Waals surface area contributed by atoms with Gasteiger partial charge in [-0.2, -0.15) is 0 Å². The van der Waals surface area contributed by atoms with Gasteiger partial charge < -0.3 is 10.0 Å². The largest absolute Gasteiger partial charge is 0.480 e. The van der Waals surface area contributed by atoms with Gasteiger partial charge in [0, 0.05) is 13.6 Å². The molecule has 1 amide bonds. The summed E-state index contributed by atoms with van der Waals surface area (Å²) in [5, 5.41) is 11.8. The highest BCUT2D eigenvalue weighted by molar-refractivity contribution is 5.85. The molecule has 0 spiro atoms. The summed E-state index contributed by atoms with van der Waals surface area (Å²) in [6, 6.07) is 9.02. The topological polar surface area (TPSA) is 69.6 Å². The number of carbonyl (C=O) groups is 2. The summed E-state index contributed by atoms with van der Waals surface area (Å²) in [7, 11) is 1.71. The second-order valence-corrected chi connectivity index (χ2v) is 4.80. The molecule has 0 fully saturated rings. The van der Waals surface area contributed by atoms with E-state index in [9.17, 15) is 9.59 Å². The number of rotatable bonds is 8. The predicted octanol–water partition coefficient (Wildman–Crippen LogP) is 1.91. The Balaban J connectivity index is 0.00000400. The number of aliphatic carboxylic acids is 1. The van der Waals surface area contributed by atoms with Gasteiger partial charge in [0.15, 0.2) is 0 Å². The van der Waals surface area contributed by atoms with Crippen molar-refractivity contribution in [3.8, 4) is 0 Å². The van der Waals surface area contributed by atoms with Gasteiger partial charge in [-0.05, 0) is 12.0 Å². The molecule has 1 unspecified atom stereocenters. The van der Waals surface area contributed by atoms with Crippen LogP contribution in [-0.2, 0) is 16.1 Å². The molecular weight excluding hydrogens is 292 g/mol. The van der Waals surface area contributed by atoms with Crippen LogP contribution in [0.2, 0.25) is 0 Å². The van der Waals surface area contributed by atoms with Crippen molar-refractivity contribution < 1.29 is 14.7 Å². The van der Waals surface area contributed by atoms with E-state index < -0.39 is 12.0 Å². The SMILES string of the molecule is CCCC(NCC(=O)N(C)Cc1ccccc1)C(=O)O.Cl. The molecule has 2 N–H and O–H groups in total. The number of nitrogens with one attached hydrogen (secondary N) is 1. The summed E-state index contributed by atoms with van der Waals surface area (Å²) in [6.07, 6.45) is 1.28. The zero-order valence-corrected chi connectivity index (χ0v) is 13.2. The van der Waals surface area contributed by atoms with Crippen molar-refractivity contribution in [1.82, 2.24) is 10.2 Å². The summed E-state index contributed by atoms with van der Waals surface area (Å²) in [4.78, 5) is 24.5. The average molecular weight is 315 g/mol. The highest BCUT2D eigenvalue weighted by Crippen LogP contribution is 2.03. The maximum Gasteiger partial charge on any atom is 0.320 e. The third kappa shape index (κ3) is 7.11. The monoisotopic (exact) mass is 314 g/mol. The molecule has 5 nitrogen and oxygen atoms in total. The number of nitrogens with zero attached hydrogens (tertiary/aromatic N) is 1. The van der Waals surface area contributed by atoms with Crippen molar-refractivity contribution in [3.05, 3.63) is 35.9 Å². The highest BCUT2D eigenvalue weighted by Gasteiger charge is 2.18. The van der Waals surface area contributed by atoms with Crippen LogP contribution >= 0.6 is 12.4 Å². The molecule has 0 aromatic heterocycles. The minimum Gasteiger partial charge on any atom is -0.480 e. The van der Waals surface area contributed by atoms with Crippen LogP contribution in [0.3, 0.4) is 0 Å². The van der Waals surface area contributed by atoms with Gasteiger partial charge in [0.25, 0.3) is 0 Å². The second kappa shape index (κ2) is 10.2. The van der Waals surface area contributed by atoms with Crippen LogP contribution in [0.25, 0.3) is 0 Å². The summed E-state index contributed by atoms with van der Waals surface area (Å²) in [5.74, 6) is -1.03. The molecule has 0 aliphatic carbocycles. The summed E-state index contributed by atoms with van der Waals surface area (Å²) in [5.41, 5.74) is 1.05. The molecule has 1 aromatic carbocycles. The van der Waals surface area contributed by atoms with Crippen molar-refractivity contribution in [2.45, 2.75) is 32.4 Å². The predicted molar refractivity (Wildman–Crippen MR) is 84.5 cm³/mol. The minimum absolute atomic E-state index is 0. The smallest absolute Gasteiger partial charge is 0.320 e. The Kier molecular flexibility index (Phi) is 9.41. The normalized spacial score (nSPS) is 11.3. The number of halogens is 1. The fourth-order valence-corrected chi connectivity index (χ4v) is 1.89. The lowest BCUT2D eigenvalue weighted by atomic mass is 10.1. The molecule has 1 rings (SSSR count). The highest BCUT2D eigenvalue weighted by atomic mass is 35.5. The van der Waals surface area contributed by atoms with E-state index in [-0.39, 0.29) is 24.9 Å². The first-order valence-corrected chi connectivity index (χ1v) is 6.78. The third-order valence-corrected chi connectivity index (χ3v) is 3.06. The molecular formula is C15H23ClN2O3. The van der Waals surface area contributed by atoms with Crippen LogP contribution in [0.5, 0.6) is 0 Å². The molecule has 1 aromatic rings. The summed E-state index contributed by atoms with van der Waals surface area (Å²) >= 11 is 0. The van der Waals surface area contributed by atoms with E-state index in [0.29, 0.717) is 13.0 Å². The molecule has 0 bridgehead atoms. The van der Waals surface area contributed by atoms with Crippen molar-refractivity contribution in [2.75, 3.05) is 13.6 Å². The number of benzene rings is 1. The van der Waals surface area contributed by atoms with Gasteiger partial charge in [0.1, 0.15) is 6.04 Å². The Morgan fingerprint density at radius 2 is 1.90 bits per heavy atom. The van der Waals surface area contributed by atoms with Crippen LogP contribution in [0.4, 0.5) is 0 Å². The number of amides is 1. The molecule has 6 heteroatoms. The maximum absolute atomic E-state index is 11.9. The molecule has 118 valence electrons. The molecule has 21 heavy (non-hydrogen) atoms.